The first-order valence-electron chi connectivity index (χ1n) is 13.2. The summed E-state index contributed by atoms with van der Waals surface area (Å²) in [5.74, 6) is -24.3. The van der Waals surface area contributed by atoms with E-state index in [2.05, 4.69) is 10.8 Å². The van der Waals surface area contributed by atoms with Gasteiger partial charge in [0.1, 0.15) is 23.3 Å². The highest BCUT2D eigenvalue weighted by Gasteiger charge is 2.51. The molecule has 0 heterocycles. The second kappa shape index (κ2) is 10.0. The molecule has 0 aromatic heterocycles. The van der Waals surface area contributed by atoms with Crippen LogP contribution in [0.2, 0.25) is 0 Å². The van der Waals surface area contributed by atoms with Crippen LogP contribution in [-0.2, 0) is 0 Å². The van der Waals surface area contributed by atoms with E-state index >= 15 is 17.6 Å². The van der Waals surface area contributed by atoms with Gasteiger partial charge in [-0.25, -0.2) is 43.9 Å². The van der Waals surface area contributed by atoms with E-state index in [0.29, 0.717) is 37.0 Å². The zero-order valence-corrected chi connectivity index (χ0v) is 23.2. The van der Waals surface area contributed by atoms with Crippen LogP contribution in [-0.4, -0.2) is 17.2 Å². The third-order valence-electron chi connectivity index (χ3n) is 8.57. The third-order valence-corrected chi connectivity index (χ3v) is 10.3. The van der Waals surface area contributed by atoms with Crippen molar-refractivity contribution < 1.29 is 43.9 Å². The molecule has 13 heteroatoms. The van der Waals surface area contributed by atoms with Crippen molar-refractivity contribution in [3.8, 4) is 5.97 Å². The molecule has 220 valence electrons. The SMILES string of the molecule is CC(C)(C)[N+]#C[B-](P=CC12CC3CC(CC(C3)C1)C2)(c1c(F)c(F)c(F)c(F)c1F)c1c(F)c(F)c(F)c(F)c1F. The molecule has 0 atom stereocenters. The van der Waals surface area contributed by atoms with Gasteiger partial charge in [0.25, 0.3) is 11.4 Å². The van der Waals surface area contributed by atoms with E-state index in [4.69, 9.17) is 0 Å². The smallest absolute Gasteiger partial charge is 0.274 e. The van der Waals surface area contributed by atoms with Gasteiger partial charge in [-0.1, -0.05) is 16.7 Å². The molecule has 4 saturated carbocycles. The Labute approximate surface area is 231 Å². The maximum Gasteiger partial charge on any atom is 0.274 e. The Morgan fingerprint density at radius 2 is 0.951 bits per heavy atom. The second-order valence-electron chi connectivity index (χ2n) is 12.8. The van der Waals surface area contributed by atoms with Crippen LogP contribution in [0.15, 0.2) is 0 Å². The maximum atomic E-state index is 15.5. The standard InChI is InChI=1S/C28H25BF10NP/c1-27(2,3)40-11-29(15-17(30)21(34)25(38)22(35)18(15)31,16-19(32)23(36)26(39)24(37)20(16)33)41-10-28-7-12-4-13(8-28)6-14(5-12)9-28/h10,12-14H,4-9H2,1-3H3. The topological polar surface area (TPSA) is 4.36 Å². The molecule has 41 heavy (non-hydrogen) atoms. The summed E-state index contributed by atoms with van der Waals surface area (Å²) in [5.41, 5.74) is -5.32. The lowest BCUT2D eigenvalue weighted by Crippen LogP contribution is -2.60. The molecule has 4 bridgehead atoms. The van der Waals surface area contributed by atoms with Crippen molar-refractivity contribution in [2.24, 2.45) is 23.2 Å². The van der Waals surface area contributed by atoms with Gasteiger partial charge in [-0.3, -0.25) is 8.08 Å². The highest BCUT2D eigenvalue weighted by atomic mass is 31.1. The Kier molecular flexibility index (Phi) is 7.33. The van der Waals surface area contributed by atoms with Gasteiger partial charge < -0.3 is 0 Å². The van der Waals surface area contributed by atoms with Crippen LogP contribution >= 0.6 is 8.08 Å². The molecule has 0 unspecified atom stereocenters. The second-order valence-corrected chi connectivity index (χ2v) is 14.1. The zero-order valence-electron chi connectivity index (χ0n) is 22.3. The largest absolute Gasteiger partial charge is 0.286 e. The Bertz CT molecular complexity index is 1370. The highest BCUT2D eigenvalue weighted by molar-refractivity contribution is 7.88. The van der Waals surface area contributed by atoms with E-state index in [0.717, 1.165) is 19.3 Å². The molecule has 2 aromatic carbocycles. The predicted molar refractivity (Wildman–Crippen MR) is 138 cm³/mol. The molecule has 4 aliphatic carbocycles. The maximum absolute atomic E-state index is 15.5. The van der Waals surface area contributed by atoms with E-state index in [-0.39, 0.29) is 0 Å². The average Bonchev–Trinajstić information content (AvgIpc) is 2.89. The van der Waals surface area contributed by atoms with E-state index < -0.39 is 94.0 Å². The zero-order chi connectivity index (χ0) is 30.2. The molecular formula is C28H25BF10NP. The van der Waals surface area contributed by atoms with Crippen molar-refractivity contribution in [2.75, 3.05) is 0 Å². The molecule has 0 spiro atoms. The fourth-order valence-corrected chi connectivity index (χ4v) is 9.06. The van der Waals surface area contributed by atoms with Gasteiger partial charge in [0.2, 0.25) is 0 Å². The molecule has 2 aromatic rings. The first-order valence-corrected chi connectivity index (χ1v) is 14.3. The van der Waals surface area contributed by atoms with Crippen molar-refractivity contribution in [1.29, 1.82) is 0 Å². The van der Waals surface area contributed by atoms with Crippen molar-refractivity contribution in [2.45, 2.75) is 64.8 Å². The van der Waals surface area contributed by atoms with Gasteiger partial charge in [-0.05, 0) is 61.7 Å². The summed E-state index contributed by atoms with van der Waals surface area (Å²) < 4.78 is 149. The molecule has 1 nitrogen and oxygen atoms in total. The monoisotopic (exact) mass is 607 g/mol. The molecule has 0 aliphatic heterocycles. The van der Waals surface area contributed by atoms with Crippen LogP contribution in [0, 0.1) is 87.3 Å². The van der Waals surface area contributed by atoms with Crippen LogP contribution in [0.25, 0.3) is 4.85 Å². The Morgan fingerprint density at radius 3 is 1.27 bits per heavy atom. The number of nitrogens with zero attached hydrogens (tertiary/aromatic N) is 1. The summed E-state index contributed by atoms with van der Waals surface area (Å²) in [4.78, 5) is 3.98. The summed E-state index contributed by atoms with van der Waals surface area (Å²) >= 11 is 0. The highest BCUT2D eigenvalue weighted by Crippen LogP contribution is 2.59. The number of benzene rings is 2. The molecular weight excluding hydrogens is 582 g/mol. The van der Waals surface area contributed by atoms with Gasteiger partial charge in [0.05, 0.1) is 5.97 Å². The lowest BCUT2D eigenvalue weighted by atomic mass is 9.38. The van der Waals surface area contributed by atoms with Crippen LogP contribution in [0.4, 0.5) is 43.9 Å². The number of halogens is 10. The normalized spacial score (nSPS) is 25.6. The van der Waals surface area contributed by atoms with Gasteiger partial charge >= 0.3 is 0 Å². The molecule has 4 fully saturated rings. The third kappa shape index (κ3) is 4.86. The summed E-state index contributed by atoms with van der Waals surface area (Å²) in [5, 5.41) is 0. The Balaban J connectivity index is 1.92. The summed E-state index contributed by atoms with van der Waals surface area (Å²) in [6, 6.07) is 0. The molecule has 0 radical (unpaired) electrons. The summed E-state index contributed by atoms with van der Waals surface area (Å²) in [7, 11) is -0.464. The molecule has 6 rings (SSSR count). The minimum absolute atomic E-state index is 0.310. The average molecular weight is 607 g/mol. The number of hydrogen-bond donors (Lipinski definition) is 0. The lowest BCUT2D eigenvalue weighted by Gasteiger charge is -2.56. The first kappa shape index (κ1) is 29.9. The van der Waals surface area contributed by atoms with Gasteiger partial charge in [-0.15, -0.1) is 4.85 Å². The van der Waals surface area contributed by atoms with Crippen molar-refractivity contribution in [3.63, 3.8) is 0 Å². The van der Waals surface area contributed by atoms with Crippen LogP contribution < -0.4 is 10.9 Å². The van der Waals surface area contributed by atoms with E-state index in [1.807, 2.05) is 0 Å². The van der Waals surface area contributed by atoms with E-state index in [1.165, 1.54) is 26.6 Å². The molecule has 0 amide bonds. The van der Waals surface area contributed by atoms with Crippen LogP contribution in [0.1, 0.15) is 59.3 Å². The molecule has 0 saturated heterocycles. The minimum Gasteiger partial charge on any atom is -0.286 e. The predicted octanol–water partition coefficient (Wildman–Crippen LogP) is 7.77. The van der Waals surface area contributed by atoms with Gasteiger partial charge in [0.15, 0.2) is 34.9 Å². The Morgan fingerprint density at radius 1 is 0.634 bits per heavy atom. The quantitative estimate of drug-likeness (QED) is 0.110. The van der Waals surface area contributed by atoms with Crippen molar-refractivity contribution in [1.82, 2.24) is 0 Å². The van der Waals surface area contributed by atoms with Crippen LogP contribution in [0.5, 0.6) is 0 Å². The first-order chi connectivity index (χ1) is 19.0. The fraction of sp³-hybridized carbons (Fsp3) is 0.500. The van der Waals surface area contributed by atoms with E-state index in [9.17, 15) is 26.3 Å². The molecule has 0 N–H and O–H groups in total. The Hall–Kier alpha value is -2.54. The summed E-state index contributed by atoms with van der Waals surface area (Å²) in [6.45, 7) is 4.33. The van der Waals surface area contributed by atoms with Gasteiger partial charge in [0, 0.05) is 20.8 Å². The van der Waals surface area contributed by atoms with Crippen LogP contribution in [0.3, 0.4) is 0 Å². The van der Waals surface area contributed by atoms with Crippen molar-refractivity contribution >= 4 is 30.7 Å². The molecule has 4 aliphatic rings. The fourth-order valence-electron chi connectivity index (χ4n) is 7.33. The summed E-state index contributed by atoms with van der Waals surface area (Å²) in [6.07, 6.45) is 4.74. The minimum atomic E-state index is -4.24. The van der Waals surface area contributed by atoms with Gasteiger partial charge in [-0.2, -0.15) is 0 Å². The number of hydrogen-bond acceptors (Lipinski definition) is 0. The number of rotatable bonds is 4. The lowest BCUT2D eigenvalue weighted by molar-refractivity contribution is -0.00854. The van der Waals surface area contributed by atoms with Crippen molar-refractivity contribution in [3.05, 3.63) is 63.0 Å². The van der Waals surface area contributed by atoms with E-state index in [1.54, 1.807) is 0 Å².